The molecule has 2 rings (SSSR count). The summed E-state index contributed by atoms with van der Waals surface area (Å²) >= 11 is 0. The van der Waals surface area contributed by atoms with E-state index in [-0.39, 0.29) is 0 Å². The van der Waals surface area contributed by atoms with Crippen molar-refractivity contribution in [3.8, 4) is 17.2 Å². The molecule has 0 spiro atoms. The predicted molar refractivity (Wildman–Crippen MR) is 116 cm³/mol. The lowest BCUT2D eigenvalue weighted by atomic mass is 10.0. The molecule has 0 aliphatic heterocycles. The zero-order valence-electron chi connectivity index (χ0n) is 16.5. The second-order valence-electron chi connectivity index (χ2n) is 7.16. The molecule has 0 saturated heterocycles. The van der Waals surface area contributed by atoms with Crippen molar-refractivity contribution in [3.05, 3.63) is 71.4 Å². The Hall–Kier alpha value is -2.11. The summed E-state index contributed by atoms with van der Waals surface area (Å²) in [6.45, 7) is 6.91. The quantitative estimate of drug-likeness (QED) is 0.343. The van der Waals surface area contributed by atoms with Crippen LogP contribution >= 0.6 is 0 Å². The van der Waals surface area contributed by atoms with Crippen molar-refractivity contribution in [2.24, 2.45) is 0 Å². The molecule has 1 nitrogen and oxygen atoms in total. The third kappa shape index (κ3) is 5.44. The third-order valence-corrected chi connectivity index (χ3v) is 10.8. The van der Waals surface area contributed by atoms with Crippen molar-refractivity contribution in [1.82, 2.24) is 0 Å². The molecule has 2 heteroatoms. The van der Waals surface area contributed by atoms with Crippen LogP contribution in [0.2, 0.25) is 18.1 Å². The number of allylic oxidation sites excluding steroid dienone is 1. The van der Waals surface area contributed by atoms with Gasteiger partial charge >= 0.3 is 0 Å². The van der Waals surface area contributed by atoms with Gasteiger partial charge in [0.2, 0.25) is 0 Å². The van der Waals surface area contributed by atoms with Crippen LogP contribution in [0.25, 0.3) is 11.1 Å². The first-order chi connectivity index (χ1) is 12.7. The summed E-state index contributed by atoms with van der Waals surface area (Å²) in [6, 6.07) is 23.0. The van der Waals surface area contributed by atoms with E-state index in [1.165, 1.54) is 54.1 Å². The molecule has 0 bridgehead atoms. The molecule has 0 heterocycles. The van der Waals surface area contributed by atoms with Gasteiger partial charge in [0.15, 0.2) is 0 Å². The number of benzene rings is 2. The highest BCUT2D eigenvalue weighted by Gasteiger charge is 2.24. The van der Waals surface area contributed by atoms with Gasteiger partial charge in [-0.15, -0.1) is 0 Å². The lowest BCUT2D eigenvalue weighted by Gasteiger charge is -2.25. The molecule has 0 aliphatic carbocycles. The van der Waals surface area contributed by atoms with E-state index in [9.17, 15) is 0 Å². The number of nitriles is 1. The van der Waals surface area contributed by atoms with Crippen LogP contribution in [0, 0.1) is 11.3 Å². The van der Waals surface area contributed by atoms with Gasteiger partial charge in [0, 0.05) is 0 Å². The van der Waals surface area contributed by atoms with Gasteiger partial charge in [0.1, 0.15) is 0 Å². The summed E-state index contributed by atoms with van der Waals surface area (Å²) < 4.78 is 0. The minimum atomic E-state index is -1.15. The maximum atomic E-state index is 8.90. The van der Waals surface area contributed by atoms with E-state index in [0.29, 0.717) is 5.56 Å². The minimum Gasteiger partial charge on any atom is -0.192 e. The largest absolute Gasteiger partial charge is 0.192 e. The fourth-order valence-electron chi connectivity index (χ4n) is 3.68. The molecule has 0 unspecified atom stereocenters. The van der Waals surface area contributed by atoms with Crippen molar-refractivity contribution in [1.29, 1.82) is 5.26 Å². The second kappa shape index (κ2) is 10.1. The molecule has 0 fully saturated rings. The number of aryl methyl sites for hydroxylation is 1. The number of hydrogen-bond acceptors (Lipinski definition) is 1. The Bertz CT molecular complexity index is 731. The van der Waals surface area contributed by atoms with E-state index in [2.05, 4.69) is 62.9 Å². The number of unbranched alkanes of at least 4 members (excludes halogenated alkanes) is 1. The highest BCUT2D eigenvalue weighted by atomic mass is 28.3. The van der Waals surface area contributed by atoms with Gasteiger partial charge < -0.3 is 0 Å². The maximum Gasteiger partial charge on any atom is 0.0991 e. The van der Waals surface area contributed by atoms with E-state index in [0.717, 1.165) is 0 Å². The summed E-state index contributed by atoms with van der Waals surface area (Å²) in [5.74, 6) is 0. The Labute approximate surface area is 160 Å². The van der Waals surface area contributed by atoms with Gasteiger partial charge in [-0.05, 0) is 48.6 Å². The third-order valence-electron chi connectivity index (χ3n) is 5.62. The molecule has 0 atom stereocenters. The first-order valence-electron chi connectivity index (χ1n) is 9.89. The predicted octanol–water partition coefficient (Wildman–Crippen LogP) is 7.15. The lowest BCUT2D eigenvalue weighted by Crippen LogP contribution is -2.29. The molecule has 0 amide bonds. The van der Waals surface area contributed by atoms with Crippen molar-refractivity contribution < 1.29 is 0 Å². The highest BCUT2D eigenvalue weighted by molar-refractivity contribution is 6.84. The summed E-state index contributed by atoms with van der Waals surface area (Å²) in [6.07, 6.45) is 6.07. The summed E-state index contributed by atoms with van der Waals surface area (Å²) in [5.41, 5.74) is 7.08. The van der Waals surface area contributed by atoms with Gasteiger partial charge in [0.05, 0.1) is 19.7 Å². The molecule has 136 valence electrons. The molecular formula is C24H31NSi. The van der Waals surface area contributed by atoms with Crippen molar-refractivity contribution in [2.75, 3.05) is 0 Å². The van der Waals surface area contributed by atoms with Crippen molar-refractivity contribution >= 4 is 8.07 Å². The first kappa shape index (κ1) is 20.2. The molecule has 2 aromatic rings. The van der Waals surface area contributed by atoms with Crippen LogP contribution in [0.1, 0.15) is 44.7 Å². The Morgan fingerprint density at radius 2 is 1.46 bits per heavy atom. The van der Waals surface area contributed by atoms with Crippen LogP contribution in [0.15, 0.2) is 60.3 Å². The molecule has 0 aromatic heterocycles. The Morgan fingerprint density at radius 1 is 0.885 bits per heavy atom. The Balaban J connectivity index is 1.88. The Kier molecular flexibility index (Phi) is 7.88. The number of rotatable bonds is 9. The minimum absolute atomic E-state index is 0.710. The van der Waals surface area contributed by atoms with E-state index >= 15 is 0 Å². The highest BCUT2D eigenvalue weighted by Crippen LogP contribution is 2.26. The van der Waals surface area contributed by atoms with Gasteiger partial charge in [-0.3, -0.25) is 0 Å². The molecule has 26 heavy (non-hydrogen) atoms. The van der Waals surface area contributed by atoms with Crippen LogP contribution < -0.4 is 0 Å². The van der Waals surface area contributed by atoms with E-state index < -0.39 is 8.07 Å². The molecular weight excluding hydrogens is 330 g/mol. The maximum absolute atomic E-state index is 8.90. The van der Waals surface area contributed by atoms with Crippen LogP contribution in [0.4, 0.5) is 0 Å². The van der Waals surface area contributed by atoms with Gasteiger partial charge in [-0.25, -0.2) is 0 Å². The molecule has 0 saturated carbocycles. The standard InChI is InChI=1S/C24H31NSi/c1-4-18-26(5-2,6-3)19-8-7-9-21-10-14-23(15-11-21)24-16-12-22(20-25)13-17-24/h4,10-18H,5-9,19H2,1-3H3. The number of hydrogen-bond donors (Lipinski definition) is 0. The SMILES string of the molecule is CC=C[Si](CC)(CC)CCCCc1ccc(-c2ccc(C#N)cc2)cc1. The molecule has 0 N–H and O–H groups in total. The zero-order valence-corrected chi connectivity index (χ0v) is 17.5. The van der Waals surface area contributed by atoms with Crippen LogP contribution in [-0.4, -0.2) is 8.07 Å². The summed E-state index contributed by atoms with van der Waals surface area (Å²) in [4.78, 5) is 0. The average molecular weight is 362 g/mol. The van der Waals surface area contributed by atoms with Crippen molar-refractivity contribution in [2.45, 2.75) is 58.2 Å². The molecule has 2 aromatic carbocycles. The molecule has 0 aliphatic rings. The average Bonchev–Trinajstić information content (AvgIpc) is 2.71. The summed E-state index contributed by atoms with van der Waals surface area (Å²) in [7, 11) is -1.15. The van der Waals surface area contributed by atoms with Crippen molar-refractivity contribution in [3.63, 3.8) is 0 Å². The van der Waals surface area contributed by atoms with Gasteiger partial charge in [0.25, 0.3) is 0 Å². The fourth-order valence-corrected chi connectivity index (χ4v) is 7.19. The van der Waals surface area contributed by atoms with Crippen LogP contribution in [0.5, 0.6) is 0 Å². The van der Waals surface area contributed by atoms with Crippen LogP contribution in [0.3, 0.4) is 0 Å². The van der Waals surface area contributed by atoms with Gasteiger partial charge in [-0.2, -0.15) is 5.26 Å². The molecule has 0 radical (unpaired) electrons. The fraction of sp³-hybridized carbons (Fsp3) is 0.375. The lowest BCUT2D eigenvalue weighted by molar-refractivity contribution is 0.781. The topological polar surface area (TPSA) is 23.8 Å². The Morgan fingerprint density at radius 3 is 1.96 bits per heavy atom. The monoisotopic (exact) mass is 361 g/mol. The first-order valence-corrected chi connectivity index (χ1v) is 12.6. The summed E-state index contributed by atoms with van der Waals surface area (Å²) in [5, 5.41) is 8.90. The van der Waals surface area contributed by atoms with E-state index in [4.69, 9.17) is 5.26 Å². The smallest absolute Gasteiger partial charge is 0.0991 e. The number of nitrogens with zero attached hydrogens (tertiary/aromatic N) is 1. The van der Waals surface area contributed by atoms with Crippen LogP contribution in [-0.2, 0) is 6.42 Å². The van der Waals surface area contributed by atoms with E-state index in [1.807, 2.05) is 24.3 Å². The second-order valence-corrected chi connectivity index (χ2v) is 12.1. The normalized spacial score (nSPS) is 11.6. The van der Waals surface area contributed by atoms with Gasteiger partial charge in [-0.1, -0.05) is 86.6 Å². The zero-order chi connectivity index (χ0) is 18.8. The van der Waals surface area contributed by atoms with E-state index in [1.54, 1.807) is 0 Å².